The standard InChI is InChI=1S/C11H21N3O/c1-11(2)5-4-9(13-11)10(15)12-8-6-14(3)7-8/h8-9,13H,4-7H2,1-3H3,(H,12,15)/t9-/m0/s1. The second-order valence-corrected chi connectivity index (χ2v) is 5.55. The number of carbonyl (C=O) groups excluding carboxylic acids is 1. The van der Waals surface area contributed by atoms with Crippen LogP contribution in [-0.4, -0.2) is 48.6 Å². The predicted molar refractivity (Wildman–Crippen MR) is 59.7 cm³/mol. The second-order valence-electron chi connectivity index (χ2n) is 5.55. The summed E-state index contributed by atoms with van der Waals surface area (Å²) in [5.74, 6) is 0.179. The fourth-order valence-electron chi connectivity index (χ4n) is 2.41. The van der Waals surface area contributed by atoms with Crippen molar-refractivity contribution in [3.05, 3.63) is 0 Å². The second kappa shape index (κ2) is 3.76. The summed E-state index contributed by atoms with van der Waals surface area (Å²) in [5, 5.41) is 6.45. The first-order valence-corrected chi connectivity index (χ1v) is 5.73. The minimum Gasteiger partial charge on any atom is -0.349 e. The van der Waals surface area contributed by atoms with Crippen LogP contribution in [0.3, 0.4) is 0 Å². The Hall–Kier alpha value is -0.610. The average Bonchev–Trinajstić information content (AvgIpc) is 2.43. The third kappa shape index (κ3) is 2.49. The Morgan fingerprint density at radius 3 is 2.60 bits per heavy atom. The van der Waals surface area contributed by atoms with Gasteiger partial charge in [0.25, 0.3) is 0 Å². The molecule has 2 heterocycles. The van der Waals surface area contributed by atoms with Gasteiger partial charge in [-0.15, -0.1) is 0 Å². The van der Waals surface area contributed by atoms with Crippen molar-refractivity contribution in [1.29, 1.82) is 0 Å². The predicted octanol–water partition coefficient (Wildman–Crippen LogP) is -0.0528. The van der Waals surface area contributed by atoms with Gasteiger partial charge in [0, 0.05) is 18.6 Å². The number of rotatable bonds is 2. The number of hydrogen-bond acceptors (Lipinski definition) is 3. The molecule has 0 aromatic carbocycles. The van der Waals surface area contributed by atoms with Gasteiger partial charge >= 0.3 is 0 Å². The molecule has 0 spiro atoms. The minimum absolute atomic E-state index is 0.0194. The van der Waals surface area contributed by atoms with E-state index in [2.05, 4.69) is 36.4 Å². The molecule has 2 saturated heterocycles. The molecule has 2 aliphatic rings. The first kappa shape index (κ1) is 10.9. The Morgan fingerprint density at radius 1 is 1.47 bits per heavy atom. The van der Waals surface area contributed by atoms with E-state index in [1.54, 1.807) is 0 Å². The van der Waals surface area contributed by atoms with Gasteiger partial charge in [0.2, 0.25) is 5.91 Å². The van der Waals surface area contributed by atoms with Gasteiger partial charge in [-0.05, 0) is 33.7 Å². The lowest BCUT2D eigenvalue weighted by molar-refractivity contribution is -0.124. The molecule has 0 aromatic rings. The van der Waals surface area contributed by atoms with Crippen LogP contribution in [0.5, 0.6) is 0 Å². The first-order chi connectivity index (χ1) is 6.96. The summed E-state index contributed by atoms with van der Waals surface area (Å²) in [6.07, 6.45) is 2.04. The van der Waals surface area contributed by atoms with E-state index in [-0.39, 0.29) is 17.5 Å². The Morgan fingerprint density at radius 2 is 2.13 bits per heavy atom. The Balaban J connectivity index is 1.77. The van der Waals surface area contributed by atoms with E-state index >= 15 is 0 Å². The van der Waals surface area contributed by atoms with Crippen LogP contribution in [0.2, 0.25) is 0 Å². The lowest BCUT2D eigenvalue weighted by Crippen LogP contribution is -2.60. The number of nitrogens with one attached hydrogen (secondary N) is 2. The number of hydrogen-bond donors (Lipinski definition) is 2. The van der Waals surface area contributed by atoms with Gasteiger partial charge in [-0.1, -0.05) is 0 Å². The quantitative estimate of drug-likeness (QED) is 0.673. The fraction of sp³-hybridized carbons (Fsp3) is 0.909. The number of nitrogens with zero attached hydrogens (tertiary/aromatic N) is 1. The van der Waals surface area contributed by atoms with Crippen molar-refractivity contribution < 1.29 is 4.79 Å². The molecule has 15 heavy (non-hydrogen) atoms. The highest BCUT2D eigenvalue weighted by molar-refractivity contribution is 5.82. The molecule has 2 fully saturated rings. The van der Waals surface area contributed by atoms with Gasteiger partial charge < -0.3 is 15.5 Å². The smallest absolute Gasteiger partial charge is 0.237 e. The molecule has 4 heteroatoms. The van der Waals surface area contributed by atoms with Crippen molar-refractivity contribution in [3.8, 4) is 0 Å². The van der Waals surface area contributed by atoms with Crippen molar-refractivity contribution >= 4 is 5.91 Å². The van der Waals surface area contributed by atoms with E-state index in [0.29, 0.717) is 6.04 Å². The van der Waals surface area contributed by atoms with Gasteiger partial charge in [-0.3, -0.25) is 4.79 Å². The molecular formula is C11H21N3O. The molecule has 1 amide bonds. The van der Waals surface area contributed by atoms with Crippen molar-refractivity contribution in [3.63, 3.8) is 0 Å². The molecule has 0 saturated carbocycles. The summed E-state index contributed by atoms with van der Waals surface area (Å²) in [4.78, 5) is 14.1. The largest absolute Gasteiger partial charge is 0.349 e. The molecule has 0 aromatic heterocycles. The highest BCUT2D eigenvalue weighted by Gasteiger charge is 2.35. The molecule has 0 bridgehead atoms. The summed E-state index contributed by atoms with van der Waals surface area (Å²) >= 11 is 0. The monoisotopic (exact) mass is 211 g/mol. The van der Waals surface area contributed by atoms with Gasteiger partial charge in [0.1, 0.15) is 0 Å². The third-order valence-electron chi connectivity index (χ3n) is 3.35. The van der Waals surface area contributed by atoms with Crippen LogP contribution in [0, 0.1) is 0 Å². The number of likely N-dealkylation sites (N-methyl/N-ethyl adjacent to an activating group) is 1. The van der Waals surface area contributed by atoms with E-state index in [1.165, 1.54) is 0 Å². The van der Waals surface area contributed by atoms with Crippen LogP contribution in [-0.2, 0) is 4.79 Å². The molecule has 2 rings (SSSR count). The summed E-state index contributed by atoms with van der Waals surface area (Å²) in [6.45, 7) is 6.28. The van der Waals surface area contributed by atoms with Gasteiger partial charge in [-0.2, -0.15) is 0 Å². The number of likely N-dealkylation sites (tertiary alicyclic amines) is 1. The molecule has 0 radical (unpaired) electrons. The van der Waals surface area contributed by atoms with E-state index in [4.69, 9.17) is 0 Å². The van der Waals surface area contributed by atoms with E-state index in [9.17, 15) is 4.79 Å². The molecule has 2 aliphatic heterocycles. The maximum atomic E-state index is 11.9. The van der Waals surface area contributed by atoms with Gasteiger partial charge in [0.15, 0.2) is 0 Å². The van der Waals surface area contributed by atoms with Gasteiger partial charge in [-0.25, -0.2) is 0 Å². The van der Waals surface area contributed by atoms with Crippen LogP contribution < -0.4 is 10.6 Å². The fourth-order valence-corrected chi connectivity index (χ4v) is 2.41. The van der Waals surface area contributed by atoms with Crippen molar-refractivity contribution in [2.45, 2.75) is 44.3 Å². The van der Waals surface area contributed by atoms with E-state index in [0.717, 1.165) is 25.9 Å². The number of carbonyl (C=O) groups is 1. The number of amides is 1. The van der Waals surface area contributed by atoms with Crippen molar-refractivity contribution in [1.82, 2.24) is 15.5 Å². The highest BCUT2D eigenvalue weighted by atomic mass is 16.2. The summed E-state index contributed by atoms with van der Waals surface area (Å²) < 4.78 is 0. The topological polar surface area (TPSA) is 44.4 Å². The maximum Gasteiger partial charge on any atom is 0.237 e. The minimum atomic E-state index is 0.0194. The molecule has 4 nitrogen and oxygen atoms in total. The lowest BCUT2D eigenvalue weighted by Gasteiger charge is -2.37. The highest BCUT2D eigenvalue weighted by Crippen LogP contribution is 2.22. The molecule has 2 N–H and O–H groups in total. The molecule has 1 atom stereocenters. The first-order valence-electron chi connectivity index (χ1n) is 5.73. The van der Waals surface area contributed by atoms with Crippen molar-refractivity contribution in [2.75, 3.05) is 20.1 Å². The zero-order chi connectivity index (χ0) is 11.1. The lowest BCUT2D eigenvalue weighted by atomic mass is 10.0. The van der Waals surface area contributed by atoms with E-state index in [1.807, 2.05) is 0 Å². The molecule has 0 aliphatic carbocycles. The maximum absolute atomic E-state index is 11.9. The average molecular weight is 211 g/mol. The van der Waals surface area contributed by atoms with Crippen LogP contribution in [0.15, 0.2) is 0 Å². The summed E-state index contributed by atoms with van der Waals surface area (Å²) in [7, 11) is 2.07. The van der Waals surface area contributed by atoms with Crippen LogP contribution in [0.1, 0.15) is 26.7 Å². The summed E-state index contributed by atoms with van der Waals surface area (Å²) in [5.41, 5.74) is 0.123. The zero-order valence-corrected chi connectivity index (χ0v) is 9.84. The van der Waals surface area contributed by atoms with Crippen molar-refractivity contribution in [2.24, 2.45) is 0 Å². The Kier molecular flexibility index (Phi) is 2.73. The Labute approximate surface area is 91.4 Å². The molecular weight excluding hydrogens is 190 g/mol. The van der Waals surface area contributed by atoms with Crippen LogP contribution >= 0.6 is 0 Å². The van der Waals surface area contributed by atoms with E-state index < -0.39 is 0 Å². The third-order valence-corrected chi connectivity index (χ3v) is 3.35. The van der Waals surface area contributed by atoms with Crippen LogP contribution in [0.25, 0.3) is 0 Å². The zero-order valence-electron chi connectivity index (χ0n) is 9.84. The Bertz CT molecular complexity index is 259. The molecule has 0 unspecified atom stereocenters. The van der Waals surface area contributed by atoms with Crippen LogP contribution in [0.4, 0.5) is 0 Å². The normalized spacial score (nSPS) is 31.3. The van der Waals surface area contributed by atoms with Gasteiger partial charge in [0.05, 0.1) is 12.1 Å². The summed E-state index contributed by atoms with van der Waals surface area (Å²) in [6, 6.07) is 0.388. The SMILES string of the molecule is CN1CC(NC(=O)[C@@H]2CCC(C)(C)N2)C1. The molecule has 86 valence electrons.